The Morgan fingerprint density at radius 1 is 1.39 bits per heavy atom. The van der Waals surface area contributed by atoms with Gasteiger partial charge >= 0.3 is 0 Å². The van der Waals surface area contributed by atoms with Crippen LogP contribution in [0.5, 0.6) is 0 Å². The predicted molar refractivity (Wildman–Crippen MR) is 80.5 cm³/mol. The van der Waals surface area contributed by atoms with Gasteiger partial charge in [0.2, 0.25) is 0 Å². The molecule has 1 heterocycles. The minimum atomic E-state index is -0.684. The molecule has 1 aliphatic rings. The Kier molecular flexibility index (Phi) is 6.82. The molecule has 4 heteroatoms. The highest BCUT2D eigenvalue weighted by Crippen LogP contribution is 2.20. The van der Waals surface area contributed by atoms with Crippen LogP contribution >= 0.6 is 0 Å². The van der Waals surface area contributed by atoms with E-state index < -0.39 is 10.8 Å². The monoisotopic (exact) mass is 274 g/mol. The summed E-state index contributed by atoms with van der Waals surface area (Å²) in [5.41, 5.74) is 0.297. The molecule has 3 nitrogen and oxygen atoms in total. The molecule has 2 unspecified atom stereocenters. The van der Waals surface area contributed by atoms with Gasteiger partial charge in [-0.15, -0.1) is 0 Å². The fourth-order valence-electron chi connectivity index (χ4n) is 2.66. The second kappa shape index (κ2) is 7.61. The molecule has 18 heavy (non-hydrogen) atoms. The van der Waals surface area contributed by atoms with Crippen LogP contribution < -0.4 is 5.32 Å². The van der Waals surface area contributed by atoms with Crippen LogP contribution in [0.3, 0.4) is 0 Å². The van der Waals surface area contributed by atoms with Gasteiger partial charge in [0.1, 0.15) is 0 Å². The van der Waals surface area contributed by atoms with Gasteiger partial charge in [-0.2, -0.15) is 0 Å². The quantitative estimate of drug-likeness (QED) is 0.804. The van der Waals surface area contributed by atoms with Crippen LogP contribution in [0.15, 0.2) is 0 Å². The van der Waals surface area contributed by atoms with Gasteiger partial charge in [-0.3, -0.25) is 4.21 Å². The zero-order valence-electron chi connectivity index (χ0n) is 12.5. The number of rotatable bonds is 6. The Morgan fingerprint density at radius 3 is 2.61 bits per heavy atom. The number of nitrogens with zero attached hydrogens (tertiary/aromatic N) is 1. The topological polar surface area (TPSA) is 32.3 Å². The summed E-state index contributed by atoms with van der Waals surface area (Å²) in [4.78, 5) is 2.57. The average molecular weight is 274 g/mol. The summed E-state index contributed by atoms with van der Waals surface area (Å²) in [6, 6.07) is 0. The van der Waals surface area contributed by atoms with E-state index >= 15 is 0 Å². The summed E-state index contributed by atoms with van der Waals surface area (Å²) in [5, 5.41) is 4.05. The predicted octanol–water partition coefficient (Wildman–Crippen LogP) is 2.00. The van der Waals surface area contributed by atoms with E-state index in [0.717, 1.165) is 26.1 Å². The van der Waals surface area contributed by atoms with E-state index in [0.29, 0.717) is 10.8 Å². The lowest BCUT2D eigenvalue weighted by Crippen LogP contribution is -2.50. The molecule has 2 atom stereocenters. The molecule has 1 N–H and O–H groups in total. The van der Waals surface area contributed by atoms with Crippen molar-refractivity contribution in [3.8, 4) is 0 Å². The van der Waals surface area contributed by atoms with E-state index in [1.807, 2.05) is 6.26 Å². The minimum Gasteiger partial charge on any atom is -0.310 e. The van der Waals surface area contributed by atoms with Crippen molar-refractivity contribution in [3.63, 3.8) is 0 Å². The summed E-state index contributed by atoms with van der Waals surface area (Å²) in [7, 11) is -0.684. The van der Waals surface area contributed by atoms with Crippen LogP contribution in [0.4, 0.5) is 0 Å². The third-order valence-electron chi connectivity index (χ3n) is 4.45. The highest BCUT2D eigenvalue weighted by atomic mass is 32.2. The molecule has 1 saturated heterocycles. The molecule has 0 radical (unpaired) electrons. The molecule has 0 aromatic carbocycles. The lowest BCUT2D eigenvalue weighted by molar-refractivity contribution is 0.195. The van der Waals surface area contributed by atoms with E-state index in [-0.39, 0.29) is 0 Å². The van der Waals surface area contributed by atoms with Gasteiger partial charge in [0.05, 0.1) is 0 Å². The Morgan fingerprint density at radius 2 is 2.06 bits per heavy atom. The van der Waals surface area contributed by atoms with Crippen LogP contribution in [-0.4, -0.2) is 52.3 Å². The first-order valence-corrected chi connectivity index (χ1v) is 8.94. The van der Waals surface area contributed by atoms with Crippen molar-refractivity contribution in [1.29, 1.82) is 0 Å². The fourth-order valence-corrected chi connectivity index (χ4v) is 3.10. The van der Waals surface area contributed by atoms with E-state index in [9.17, 15) is 4.21 Å². The van der Waals surface area contributed by atoms with Gasteiger partial charge in [0, 0.05) is 34.4 Å². The van der Waals surface area contributed by atoms with E-state index in [1.165, 1.54) is 25.8 Å². The maximum atomic E-state index is 11.4. The first kappa shape index (κ1) is 16.1. The first-order valence-electron chi connectivity index (χ1n) is 7.32. The molecule has 0 aromatic rings. The van der Waals surface area contributed by atoms with Gasteiger partial charge in [-0.25, -0.2) is 0 Å². The lowest BCUT2D eigenvalue weighted by atomic mass is 9.92. The third-order valence-corrected chi connectivity index (χ3v) is 5.82. The number of hydrogen-bond donors (Lipinski definition) is 1. The zero-order chi connectivity index (χ0) is 13.6. The van der Waals surface area contributed by atoms with Crippen LogP contribution in [0.1, 0.15) is 46.5 Å². The van der Waals surface area contributed by atoms with Crippen molar-refractivity contribution in [2.75, 3.05) is 32.4 Å². The molecule has 0 bridgehead atoms. The van der Waals surface area contributed by atoms with Gasteiger partial charge < -0.3 is 10.2 Å². The third kappa shape index (κ3) is 4.63. The summed E-state index contributed by atoms with van der Waals surface area (Å²) in [5.74, 6) is 0. The molecule has 1 rings (SSSR count). The van der Waals surface area contributed by atoms with Crippen molar-refractivity contribution < 1.29 is 4.21 Å². The second-order valence-corrected chi connectivity index (χ2v) is 7.44. The smallest absolute Gasteiger partial charge is 0.0329 e. The summed E-state index contributed by atoms with van der Waals surface area (Å²) >= 11 is 0. The molecule has 1 aliphatic heterocycles. The Balaban J connectivity index is 2.51. The molecule has 0 spiro atoms. The Bertz CT molecular complexity index is 267. The van der Waals surface area contributed by atoms with E-state index in [4.69, 9.17) is 0 Å². The van der Waals surface area contributed by atoms with Gasteiger partial charge in [-0.05, 0) is 45.3 Å². The minimum absolute atomic E-state index is 0.297. The Hall–Kier alpha value is 0.0700. The number of hydrogen-bond acceptors (Lipinski definition) is 3. The van der Waals surface area contributed by atoms with Crippen molar-refractivity contribution in [2.24, 2.45) is 0 Å². The fraction of sp³-hybridized carbons (Fsp3) is 1.00. The molecule has 0 aliphatic carbocycles. The molecule has 0 amide bonds. The summed E-state index contributed by atoms with van der Waals surface area (Å²) in [6.07, 6.45) is 6.47. The summed E-state index contributed by atoms with van der Waals surface area (Å²) < 4.78 is 11.4. The van der Waals surface area contributed by atoms with Gasteiger partial charge in [0.25, 0.3) is 0 Å². The van der Waals surface area contributed by atoms with Crippen molar-refractivity contribution in [1.82, 2.24) is 10.2 Å². The standard InChI is InChI=1S/C14H30N2OS/c1-5-14(6-2)12-16(10-7-9-15-14)11-8-13(3)18(4)17/h13,15H,5-12H2,1-4H3. The maximum Gasteiger partial charge on any atom is 0.0329 e. The Labute approximate surface area is 115 Å². The highest BCUT2D eigenvalue weighted by molar-refractivity contribution is 7.84. The van der Waals surface area contributed by atoms with Crippen LogP contribution in [0.2, 0.25) is 0 Å². The van der Waals surface area contributed by atoms with Crippen molar-refractivity contribution >= 4 is 10.8 Å². The number of nitrogens with one attached hydrogen (secondary N) is 1. The maximum absolute atomic E-state index is 11.4. The van der Waals surface area contributed by atoms with E-state index in [1.54, 1.807) is 0 Å². The highest BCUT2D eigenvalue weighted by Gasteiger charge is 2.30. The van der Waals surface area contributed by atoms with Crippen molar-refractivity contribution in [3.05, 3.63) is 0 Å². The van der Waals surface area contributed by atoms with Gasteiger partial charge in [0.15, 0.2) is 0 Å². The van der Waals surface area contributed by atoms with Crippen LogP contribution in [0.25, 0.3) is 0 Å². The first-order chi connectivity index (χ1) is 8.53. The van der Waals surface area contributed by atoms with Crippen LogP contribution in [-0.2, 0) is 10.8 Å². The molecule has 0 aromatic heterocycles. The zero-order valence-corrected chi connectivity index (χ0v) is 13.3. The molecular formula is C14H30N2OS. The molecular weight excluding hydrogens is 244 g/mol. The largest absolute Gasteiger partial charge is 0.310 e. The second-order valence-electron chi connectivity index (χ2n) is 5.64. The molecule has 108 valence electrons. The average Bonchev–Trinajstić information content (AvgIpc) is 2.58. The van der Waals surface area contributed by atoms with E-state index in [2.05, 4.69) is 31.0 Å². The SMILES string of the molecule is CCC1(CC)CN(CCC(C)S(C)=O)CCCN1. The lowest BCUT2D eigenvalue weighted by Gasteiger charge is -2.35. The normalized spacial score (nSPS) is 24.4. The molecule has 0 saturated carbocycles. The van der Waals surface area contributed by atoms with Crippen molar-refractivity contribution in [2.45, 2.75) is 57.2 Å². The van der Waals surface area contributed by atoms with Gasteiger partial charge in [-0.1, -0.05) is 20.8 Å². The van der Waals surface area contributed by atoms with Crippen LogP contribution in [0, 0.1) is 0 Å². The summed E-state index contributed by atoms with van der Waals surface area (Å²) in [6.45, 7) is 11.2. The molecule has 1 fully saturated rings.